The van der Waals surface area contributed by atoms with E-state index in [9.17, 15) is 8.78 Å². The summed E-state index contributed by atoms with van der Waals surface area (Å²) in [5.74, 6) is 0.343. The first-order valence-electron chi connectivity index (χ1n) is 6.39. The average molecular weight is 263 g/mol. The van der Waals surface area contributed by atoms with Gasteiger partial charge in [-0.3, -0.25) is 4.57 Å². The molecule has 0 fully saturated rings. The molecule has 19 heavy (non-hydrogen) atoms. The molecule has 0 atom stereocenters. The van der Waals surface area contributed by atoms with E-state index in [0.29, 0.717) is 12.4 Å². The predicted molar refractivity (Wildman–Crippen MR) is 69.3 cm³/mol. The lowest BCUT2D eigenvalue weighted by Crippen LogP contribution is -2.09. The van der Waals surface area contributed by atoms with E-state index in [-0.39, 0.29) is 0 Å². The molecule has 100 valence electrons. The van der Waals surface area contributed by atoms with Crippen molar-refractivity contribution >= 4 is 5.69 Å². The highest BCUT2D eigenvalue weighted by molar-refractivity contribution is 5.50. The largest absolute Gasteiger partial charge is 0.378 e. The number of anilines is 1. The van der Waals surface area contributed by atoms with Crippen LogP contribution < -0.4 is 5.32 Å². The summed E-state index contributed by atoms with van der Waals surface area (Å²) in [5.41, 5.74) is 3.73. The van der Waals surface area contributed by atoms with Gasteiger partial charge in [0.1, 0.15) is 5.82 Å². The molecular formula is C14H15F2N3. The van der Waals surface area contributed by atoms with E-state index in [1.54, 1.807) is 0 Å². The molecule has 0 spiro atoms. The zero-order valence-corrected chi connectivity index (χ0v) is 10.4. The standard InChI is InChI=1S/C14H15F2N3/c15-14(16)19-7-6-17-13(19)9-18-12-5-4-10-2-1-3-11(10)8-12/h4-8,14,18H,1-3,9H2. The highest BCUT2D eigenvalue weighted by Crippen LogP contribution is 2.25. The molecule has 3 nitrogen and oxygen atoms in total. The molecule has 1 aromatic carbocycles. The third kappa shape index (κ3) is 2.45. The van der Waals surface area contributed by atoms with E-state index in [1.807, 2.05) is 6.07 Å². The number of benzene rings is 1. The Kier molecular flexibility index (Phi) is 3.19. The van der Waals surface area contributed by atoms with Gasteiger partial charge in [-0.2, -0.15) is 8.78 Å². The second-order valence-electron chi connectivity index (χ2n) is 4.72. The first-order chi connectivity index (χ1) is 9.24. The van der Waals surface area contributed by atoms with Crippen LogP contribution in [0.15, 0.2) is 30.6 Å². The number of rotatable bonds is 4. The number of fused-ring (bicyclic) bond motifs is 1. The Morgan fingerprint density at radius 3 is 2.95 bits per heavy atom. The topological polar surface area (TPSA) is 29.9 Å². The number of nitrogens with one attached hydrogen (secondary N) is 1. The second kappa shape index (κ2) is 4.99. The molecule has 0 saturated heterocycles. The molecule has 1 aliphatic rings. The summed E-state index contributed by atoms with van der Waals surface area (Å²) in [6.45, 7) is -2.24. The summed E-state index contributed by atoms with van der Waals surface area (Å²) in [5, 5.41) is 3.16. The number of halogens is 2. The van der Waals surface area contributed by atoms with Crippen molar-refractivity contribution in [2.24, 2.45) is 0 Å². The van der Waals surface area contributed by atoms with Gasteiger partial charge in [-0.15, -0.1) is 0 Å². The summed E-state index contributed by atoms with van der Waals surface area (Å²) in [7, 11) is 0. The van der Waals surface area contributed by atoms with Crippen molar-refractivity contribution in [2.75, 3.05) is 5.32 Å². The normalized spacial score (nSPS) is 13.8. The maximum atomic E-state index is 12.7. The van der Waals surface area contributed by atoms with E-state index in [0.717, 1.165) is 23.1 Å². The van der Waals surface area contributed by atoms with E-state index < -0.39 is 6.55 Å². The van der Waals surface area contributed by atoms with Gasteiger partial charge in [-0.05, 0) is 42.5 Å². The van der Waals surface area contributed by atoms with Gasteiger partial charge >= 0.3 is 6.55 Å². The molecule has 1 aromatic heterocycles. The van der Waals surface area contributed by atoms with Crippen LogP contribution in [0.4, 0.5) is 14.5 Å². The average Bonchev–Trinajstić information content (AvgIpc) is 3.04. The number of hydrogen-bond donors (Lipinski definition) is 1. The van der Waals surface area contributed by atoms with Crippen molar-refractivity contribution in [1.29, 1.82) is 0 Å². The zero-order chi connectivity index (χ0) is 13.2. The van der Waals surface area contributed by atoms with E-state index in [2.05, 4.69) is 22.4 Å². The maximum Gasteiger partial charge on any atom is 0.319 e. The molecular weight excluding hydrogens is 248 g/mol. The number of alkyl halides is 2. The fourth-order valence-corrected chi connectivity index (χ4v) is 2.52. The number of hydrogen-bond acceptors (Lipinski definition) is 2. The molecule has 0 bridgehead atoms. The lowest BCUT2D eigenvalue weighted by atomic mass is 10.1. The second-order valence-corrected chi connectivity index (χ2v) is 4.72. The molecule has 0 unspecified atom stereocenters. The first kappa shape index (κ1) is 12.1. The Labute approximate surface area is 110 Å². The predicted octanol–water partition coefficient (Wildman–Crippen LogP) is 3.38. The van der Waals surface area contributed by atoms with Crippen LogP contribution in [-0.2, 0) is 19.4 Å². The molecule has 2 aromatic rings. The van der Waals surface area contributed by atoms with Gasteiger partial charge < -0.3 is 5.32 Å². The molecule has 0 saturated carbocycles. The molecule has 0 aliphatic heterocycles. The lowest BCUT2D eigenvalue weighted by molar-refractivity contribution is 0.0673. The van der Waals surface area contributed by atoms with Gasteiger partial charge in [0.2, 0.25) is 0 Å². The van der Waals surface area contributed by atoms with Gasteiger partial charge in [0.25, 0.3) is 0 Å². The van der Waals surface area contributed by atoms with Crippen molar-refractivity contribution in [1.82, 2.24) is 9.55 Å². The van der Waals surface area contributed by atoms with Crippen LogP contribution in [0.1, 0.15) is 29.9 Å². The van der Waals surface area contributed by atoms with Gasteiger partial charge in [-0.1, -0.05) is 6.07 Å². The minimum atomic E-state index is -2.54. The van der Waals surface area contributed by atoms with E-state index >= 15 is 0 Å². The van der Waals surface area contributed by atoms with Crippen molar-refractivity contribution in [3.8, 4) is 0 Å². The maximum absolute atomic E-state index is 12.7. The van der Waals surface area contributed by atoms with Crippen molar-refractivity contribution in [3.05, 3.63) is 47.5 Å². The number of imidazole rings is 1. The van der Waals surface area contributed by atoms with Crippen LogP contribution in [-0.4, -0.2) is 9.55 Å². The van der Waals surface area contributed by atoms with Gasteiger partial charge in [0.05, 0.1) is 6.54 Å². The van der Waals surface area contributed by atoms with Crippen molar-refractivity contribution in [3.63, 3.8) is 0 Å². The summed E-state index contributed by atoms with van der Waals surface area (Å²) >= 11 is 0. The molecule has 0 amide bonds. The van der Waals surface area contributed by atoms with Crippen LogP contribution in [0.3, 0.4) is 0 Å². The minimum Gasteiger partial charge on any atom is -0.378 e. The first-order valence-corrected chi connectivity index (χ1v) is 6.39. The number of nitrogens with zero attached hydrogens (tertiary/aromatic N) is 2. The SMILES string of the molecule is FC(F)n1ccnc1CNc1ccc2c(c1)CCC2. The van der Waals surface area contributed by atoms with Crippen LogP contribution in [0.25, 0.3) is 0 Å². The third-order valence-corrected chi connectivity index (χ3v) is 3.51. The number of aromatic nitrogens is 2. The monoisotopic (exact) mass is 263 g/mol. The fourth-order valence-electron chi connectivity index (χ4n) is 2.52. The summed E-state index contributed by atoms with van der Waals surface area (Å²) in [6.07, 6.45) is 6.15. The Balaban J connectivity index is 1.70. The Bertz CT molecular complexity index is 578. The van der Waals surface area contributed by atoms with Crippen LogP contribution in [0.2, 0.25) is 0 Å². The molecule has 3 rings (SSSR count). The quantitative estimate of drug-likeness (QED) is 0.916. The van der Waals surface area contributed by atoms with Crippen LogP contribution in [0.5, 0.6) is 0 Å². The van der Waals surface area contributed by atoms with Crippen molar-refractivity contribution < 1.29 is 8.78 Å². The summed E-state index contributed by atoms with van der Waals surface area (Å²) in [4.78, 5) is 3.95. The van der Waals surface area contributed by atoms with Gasteiger partial charge in [0.15, 0.2) is 0 Å². The molecule has 1 aliphatic carbocycles. The molecule has 0 radical (unpaired) electrons. The molecule has 1 heterocycles. The van der Waals surface area contributed by atoms with E-state index in [1.165, 1.54) is 29.9 Å². The lowest BCUT2D eigenvalue weighted by Gasteiger charge is -2.10. The third-order valence-electron chi connectivity index (χ3n) is 3.51. The minimum absolute atomic E-state index is 0.302. The highest BCUT2D eigenvalue weighted by atomic mass is 19.3. The van der Waals surface area contributed by atoms with Crippen LogP contribution >= 0.6 is 0 Å². The summed E-state index contributed by atoms with van der Waals surface area (Å²) in [6, 6.07) is 6.22. The molecule has 1 N–H and O–H groups in total. The van der Waals surface area contributed by atoms with E-state index in [4.69, 9.17) is 0 Å². The van der Waals surface area contributed by atoms with Gasteiger partial charge in [0, 0.05) is 18.1 Å². The fraction of sp³-hybridized carbons (Fsp3) is 0.357. The Morgan fingerprint density at radius 1 is 1.26 bits per heavy atom. The Hall–Kier alpha value is -1.91. The summed E-state index contributed by atoms with van der Waals surface area (Å²) < 4.78 is 26.2. The highest BCUT2D eigenvalue weighted by Gasteiger charge is 2.12. The van der Waals surface area contributed by atoms with Gasteiger partial charge in [-0.25, -0.2) is 4.98 Å². The van der Waals surface area contributed by atoms with Crippen molar-refractivity contribution in [2.45, 2.75) is 32.4 Å². The van der Waals surface area contributed by atoms with Crippen LogP contribution in [0, 0.1) is 0 Å². The smallest absolute Gasteiger partial charge is 0.319 e. The molecule has 5 heteroatoms. The zero-order valence-electron chi connectivity index (χ0n) is 10.4. The Morgan fingerprint density at radius 2 is 2.11 bits per heavy atom. The number of aryl methyl sites for hydroxylation is 2.